The molecule has 0 aliphatic heterocycles. The van der Waals surface area contributed by atoms with E-state index in [1.54, 1.807) is 27.2 Å². The number of benzene rings is 1. The molecule has 0 aliphatic carbocycles. The third kappa shape index (κ3) is 6.04. The predicted octanol–water partition coefficient (Wildman–Crippen LogP) is 1.82. The Balaban J connectivity index is 1.94. The lowest BCUT2D eigenvalue weighted by atomic mass is 10.1. The lowest BCUT2D eigenvalue weighted by molar-refractivity contribution is 0.0931. The third-order valence-electron chi connectivity index (χ3n) is 3.52. The van der Waals surface area contributed by atoms with Gasteiger partial charge in [-0.05, 0) is 31.0 Å². The van der Waals surface area contributed by atoms with Crippen LogP contribution in [-0.4, -0.2) is 49.8 Å². The second kappa shape index (κ2) is 9.58. The highest BCUT2D eigenvalue weighted by molar-refractivity contribution is 5.92. The zero-order chi connectivity index (χ0) is 18.1. The molecule has 2 aromatic rings. The number of aryl methyl sites for hydroxylation is 1. The lowest BCUT2D eigenvalue weighted by Crippen LogP contribution is -2.28. The van der Waals surface area contributed by atoms with Crippen LogP contribution in [0.3, 0.4) is 0 Å². The van der Waals surface area contributed by atoms with E-state index in [0.29, 0.717) is 37.0 Å². The number of hydrogen-bond donors (Lipinski definition) is 2. The monoisotopic (exact) mass is 344 g/mol. The number of nitrogens with one attached hydrogen (secondary N) is 2. The summed E-state index contributed by atoms with van der Waals surface area (Å²) < 4.78 is 10.1. The Labute approximate surface area is 147 Å². The molecule has 0 saturated heterocycles. The van der Waals surface area contributed by atoms with Gasteiger partial charge in [0.15, 0.2) is 0 Å². The van der Waals surface area contributed by atoms with E-state index in [4.69, 9.17) is 9.47 Å². The number of hydrogen-bond acceptors (Lipinski definition) is 6. The van der Waals surface area contributed by atoms with Crippen LogP contribution in [0.2, 0.25) is 0 Å². The van der Waals surface area contributed by atoms with Crippen molar-refractivity contribution in [3.8, 4) is 5.75 Å². The largest absolute Gasteiger partial charge is 0.497 e. The average Bonchev–Trinajstić information content (AvgIpc) is 2.61. The van der Waals surface area contributed by atoms with Crippen LogP contribution >= 0.6 is 0 Å². The Morgan fingerprint density at radius 3 is 2.76 bits per heavy atom. The molecule has 2 rings (SSSR count). The lowest BCUT2D eigenvalue weighted by Gasteiger charge is -2.09. The minimum atomic E-state index is -0.238. The van der Waals surface area contributed by atoms with Gasteiger partial charge in [0, 0.05) is 26.3 Å². The molecule has 1 amide bonds. The molecule has 0 atom stereocenters. The first-order chi connectivity index (χ1) is 12.1. The van der Waals surface area contributed by atoms with Gasteiger partial charge in [0.2, 0.25) is 0 Å². The van der Waals surface area contributed by atoms with Crippen molar-refractivity contribution in [2.75, 3.05) is 39.2 Å². The number of carbonyl (C=O) groups is 1. The Morgan fingerprint density at radius 1 is 1.16 bits per heavy atom. The van der Waals surface area contributed by atoms with E-state index in [-0.39, 0.29) is 5.91 Å². The topological polar surface area (TPSA) is 85.4 Å². The van der Waals surface area contributed by atoms with Crippen LogP contribution < -0.4 is 15.4 Å². The van der Waals surface area contributed by atoms with Gasteiger partial charge < -0.3 is 20.1 Å². The molecular formula is C18H24N4O3. The molecule has 0 spiro atoms. The van der Waals surface area contributed by atoms with E-state index in [2.05, 4.69) is 20.6 Å². The Hall–Kier alpha value is -2.67. The first-order valence-electron chi connectivity index (χ1n) is 8.12. The maximum Gasteiger partial charge on any atom is 0.270 e. The molecule has 2 N–H and O–H groups in total. The van der Waals surface area contributed by atoms with Crippen molar-refractivity contribution in [2.45, 2.75) is 13.3 Å². The first-order valence-corrected chi connectivity index (χ1v) is 8.12. The summed E-state index contributed by atoms with van der Waals surface area (Å²) >= 11 is 0. The number of anilines is 1. The van der Waals surface area contributed by atoms with Crippen molar-refractivity contribution in [1.82, 2.24) is 15.3 Å². The fraction of sp³-hybridized carbons (Fsp3) is 0.389. The molecule has 7 nitrogen and oxygen atoms in total. The molecule has 0 aliphatic rings. The van der Waals surface area contributed by atoms with Crippen molar-refractivity contribution in [1.29, 1.82) is 0 Å². The van der Waals surface area contributed by atoms with Crippen LogP contribution in [-0.2, 0) is 11.2 Å². The van der Waals surface area contributed by atoms with Gasteiger partial charge in [-0.25, -0.2) is 9.97 Å². The molecule has 0 saturated carbocycles. The van der Waals surface area contributed by atoms with E-state index in [0.717, 1.165) is 17.7 Å². The van der Waals surface area contributed by atoms with Gasteiger partial charge in [-0.15, -0.1) is 0 Å². The molecule has 0 fully saturated rings. The molecule has 1 aromatic carbocycles. The van der Waals surface area contributed by atoms with Gasteiger partial charge in [-0.2, -0.15) is 0 Å². The Morgan fingerprint density at radius 2 is 2.00 bits per heavy atom. The zero-order valence-electron chi connectivity index (χ0n) is 14.8. The minimum Gasteiger partial charge on any atom is -0.497 e. The van der Waals surface area contributed by atoms with Crippen molar-refractivity contribution >= 4 is 11.7 Å². The van der Waals surface area contributed by atoms with Crippen LogP contribution in [0.4, 0.5) is 5.82 Å². The molecule has 7 heteroatoms. The highest BCUT2D eigenvalue weighted by atomic mass is 16.5. The van der Waals surface area contributed by atoms with Crippen molar-refractivity contribution in [3.63, 3.8) is 0 Å². The summed E-state index contributed by atoms with van der Waals surface area (Å²) in [4.78, 5) is 20.6. The summed E-state index contributed by atoms with van der Waals surface area (Å²) in [5.41, 5.74) is 1.50. The summed E-state index contributed by atoms with van der Waals surface area (Å²) in [7, 11) is 3.24. The SMILES string of the molecule is COCCNC(=O)c1cc(NCCc2cccc(OC)c2)nc(C)n1. The fourth-order valence-corrected chi connectivity index (χ4v) is 2.29. The van der Waals surface area contributed by atoms with Crippen LogP contribution in [0.5, 0.6) is 5.75 Å². The minimum absolute atomic E-state index is 0.238. The van der Waals surface area contributed by atoms with Crippen LogP contribution in [0.25, 0.3) is 0 Å². The molecule has 1 aromatic heterocycles. The van der Waals surface area contributed by atoms with Gasteiger partial charge in [-0.3, -0.25) is 4.79 Å². The van der Waals surface area contributed by atoms with Gasteiger partial charge in [0.05, 0.1) is 13.7 Å². The number of aromatic nitrogens is 2. The number of methoxy groups -OCH3 is 2. The smallest absolute Gasteiger partial charge is 0.270 e. The number of ether oxygens (including phenoxy) is 2. The van der Waals surface area contributed by atoms with Crippen molar-refractivity contribution in [2.24, 2.45) is 0 Å². The zero-order valence-corrected chi connectivity index (χ0v) is 14.8. The first kappa shape index (κ1) is 18.7. The van der Waals surface area contributed by atoms with Gasteiger partial charge >= 0.3 is 0 Å². The molecular weight excluding hydrogens is 320 g/mol. The molecule has 0 radical (unpaired) electrons. The standard InChI is InChI=1S/C18H24N4O3/c1-13-21-16(18(23)20-9-10-24-2)12-17(22-13)19-8-7-14-5-4-6-15(11-14)25-3/h4-6,11-12H,7-10H2,1-3H3,(H,20,23)(H,19,21,22). The Kier molecular flexibility index (Phi) is 7.16. The van der Waals surface area contributed by atoms with E-state index >= 15 is 0 Å². The summed E-state index contributed by atoms with van der Waals surface area (Å²) in [6, 6.07) is 9.58. The van der Waals surface area contributed by atoms with E-state index in [1.165, 1.54) is 0 Å². The Bertz CT molecular complexity index is 706. The summed E-state index contributed by atoms with van der Waals surface area (Å²) in [5.74, 6) is 1.78. The molecule has 1 heterocycles. The maximum absolute atomic E-state index is 12.1. The van der Waals surface area contributed by atoms with Gasteiger partial charge in [-0.1, -0.05) is 12.1 Å². The number of rotatable bonds is 9. The van der Waals surface area contributed by atoms with Crippen LogP contribution in [0.15, 0.2) is 30.3 Å². The van der Waals surface area contributed by atoms with Gasteiger partial charge in [0.1, 0.15) is 23.1 Å². The molecule has 25 heavy (non-hydrogen) atoms. The number of carbonyl (C=O) groups excluding carboxylic acids is 1. The maximum atomic E-state index is 12.1. The average molecular weight is 344 g/mol. The summed E-state index contributed by atoms with van der Waals surface area (Å²) in [6.45, 7) is 3.35. The quantitative estimate of drug-likeness (QED) is 0.675. The van der Waals surface area contributed by atoms with Crippen molar-refractivity contribution in [3.05, 3.63) is 47.4 Å². The number of amides is 1. The van der Waals surface area contributed by atoms with E-state index in [9.17, 15) is 4.79 Å². The van der Waals surface area contributed by atoms with E-state index in [1.807, 2.05) is 24.3 Å². The predicted molar refractivity (Wildman–Crippen MR) is 96.2 cm³/mol. The third-order valence-corrected chi connectivity index (χ3v) is 3.52. The van der Waals surface area contributed by atoms with E-state index < -0.39 is 0 Å². The molecule has 0 bridgehead atoms. The van der Waals surface area contributed by atoms with Crippen LogP contribution in [0, 0.1) is 6.92 Å². The summed E-state index contributed by atoms with van der Waals surface area (Å²) in [6.07, 6.45) is 0.815. The highest BCUT2D eigenvalue weighted by Crippen LogP contribution is 2.13. The summed E-state index contributed by atoms with van der Waals surface area (Å²) in [5, 5.41) is 5.99. The fourth-order valence-electron chi connectivity index (χ4n) is 2.29. The number of nitrogens with zero attached hydrogens (tertiary/aromatic N) is 2. The molecule has 134 valence electrons. The molecule has 0 unspecified atom stereocenters. The second-order valence-electron chi connectivity index (χ2n) is 5.46. The second-order valence-corrected chi connectivity index (χ2v) is 5.46. The highest BCUT2D eigenvalue weighted by Gasteiger charge is 2.10. The van der Waals surface area contributed by atoms with Gasteiger partial charge in [0.25, 0.3) is 5.91 Å². The van der Waals surface area contributed by atoms with Crippen molar-refractivity contribution < 1.29 is 14.3 Å². The van der Waals surface area contributed by atoms with Crippen LogP contribution in [0.1, 0.15) is 21.9 Å². The normalized spacial score (nSPS) is 10.4.